The van der Waals surface area contributed by atoms with Crippen LogP contribution in [0.4, 0.5) is 10.1 Å². The molecule has 148 valence electrons. The van der Waals surface area contributed by atoms with Gasteiger partial charge in [0, 0.05) is 36.6 Å². The number of carboxylic acid groups (broad SMARTS) is 1. The van der Waals surface area contributed by atoms with Crippen molar-refractivity contribution >= 4 is 11.7 Å². The molecule has 3 atom stereocenters. The molecule has 1 fully saturated rings. The highest BCUT2D eigenvalue weighted by atomic mass is 19.1. The first-order valence-corrected chi connectivity index (χ1v) is 8.88. The number of nitrogens with zero attached hydrogens (tertiary/aromatic N) is 4. The van der Waals surface area contributed by atoms with Gasteiger partial charge in [-0.1, -0.05) is 5.18 Å². The minimum atomic E-state index is -1.29. The Morgan fingerprint density at radius 1 is 1.36 bits per heavy atom. The molecule has 1 N–H and O–H groups in total. The molecule has 0 bridgehead atoms. The average Bonchev–Trinajstić information content (AvgIpc) is 2.65. The van der Waals surface area contributed by atoms with E-state index >= 15 is 4.39 Å². The number of nitroso groups, excluding NO2 is 1. The molecule has 2 heterocycles. The summed E-state index contributed by atoms with van der Waals surface area (Å²) in [6.45, 7) is 6.13. The van der Waals surface area contributed by atoms with Crippen molar-refractivity contribution in [3.05, 3.63) is 57.8 Å². The largest absolute Gasteiger partial charge is 0.478 e. The molecule has 3 unspecified atom stereocenters. The van der Waals surface area contributed by atoms with Gasteiger partial charge in [0.15, 0.2) is 6.04 Å². The molecule has 0 radical (unpaired) electrons. The summed E-state index contributed by atoms with van der Waals surface area (Å²) in [4.78, 5) is 33.1. The number of ether oxygens (including phenoxy) is 1. The molecule has 0 aliphatic carbocycles. The predicted octanol–water partition coefficient (Wildman–Crippen LogP) is 3.09. The molecule has 1 aromatic heterocycles. The summed E-state index contributed by atoms with van der Waals surface area (Å²) in [5, 5.41) is 12.8. The van der Waals surface area contributed by atoms with E-state index in [0.717, 1.165) is 0 Å². The van der Waals surface area contributed by atoms with E-state index in [1.54, 1.807) is 0 Å². The molecule has 8 nitrogen and oxygen atoms in total. The van der Waals surface area contributed by atoms with Crippen molar-refractivity contribution in [1.82, 2.24) is 9.97 Å². The number of anilines is 1. The van der Waals surface area contributed by atoms with E-state index in [4.69, 9.17) is 4.74 Å². The smallest absolute Gasteiger partial charge is 0.337 e. The Labute approximate surface area is 161 Å². The number of halogens is 1. The van der Waals surface area contributed by atoms with Crippen molar-refractivity contribution in [2.24, 2.45) is 5.18 Å². The number of aromatic carboxylic acids is 1. The summed E-state index contributed by atoms with van der Waals surface area (Å²) in [7, 11) is 0. The highest BCUT2D eigenvalue weighted by molar-refractivity contribution is 5.96. The average molecular weight is 388 g/mol. The Balaban J connectivity index is 2.15. The SMILES string of the molecule is Cc1c(F)c(C(N=O)c2cnccn2)cc(C(=O)O)c1N1CC(C)OC(C)C1. The fourth-order valence-electron chi connectivity index (χ4n) is 3.66. The Bertz CT molecular complexity index is 883. The van der Waals surface area contributed by atoms with Crippen LogP contribution in [0.15, 0.2) is 29.8 Å². The van der Waals surface area contributed by atoms with Gasteiger partial charge >= 0.3 is 5.97 Å². The van der Waals surface area contributed by atoms with Crippen LogP contribution in [0.5, 0.6) is 0 Å². The number of carbonyl (C=O) groups is 1. The van der Waals surface area contributed by atoms with Gasteiger partial charge in [-0.05, 0) is 26.8 Å². The van der Waals surface area contributed by atoms with E-state index in [0.29, 0.717) is 18.8 Å². The Kier molecular flexibility index (Phi) is 5.64. The molecule has 1 aliphatic heterocycles. The molecule has 28 heavy (non-hydrogen) atoms. The molecular weight excluding hydrogens is 367 g/mol. The summed E-state index contributed by atoms with van der Waals surface area (Å²) >= 11 is 0. The lowest BCUT2D eigenvalue weighted by Crippen LogP contribution is -2.46. The first-order valence-electron chi connectivity index (χ1n) is 8.88. The van der Waals surface area contributed by atoms with Crippen LogP contribution in [0, 0.1) is 17.6 Å². The molecule has 0 amide bonds. The summed E-state index contributed by atoms with van der Waals surface area (Å²) in [5.41, 5.74) is 0.359. The molecule has 0 saturated carbocycles. The first kappa shape index (κ1) is 19.8. The molecule has 9 heteroatoms. The summed E-state index contributed by atoms with van der Waals surface area (Å²) in [6.07, 6.45) is 3.83. The first-order chi connectivity index (χ1) is 13.3. The lowest BCUT2D eigenvalue weighted by molar-refractivity contribution is -0.00537. The number of carboxylic acids is 1. The molecular formula is C19H21FN4O4. The van der Waals surface area contributed by atoms with Gasteiger partial charge in [0.25, 0.3) is 0 Å². The zero-order chi connectivity index (χ0) is 20.4. The third kappa shape index (κ3) is 3.70. The van der Waals surface area contributed by atoms with Gasteiger partial charge in [-0.15, -0.1) is 4.91 Å². The second-order valence-electron chi connectivity index (χ2n) is 6.91. The fourth-order valence-corrected chi connectivity index (χ4v) is 3.66. The van der Waals surface area contributed by atoms with Crippen LogP contribution in [-0.2, 0) is 4.74 Å². The lowest BCUT2D eigenvalue weighted by atomic mass is 9.95. The van der Waals surface area contributed by atoms with Crippen LogP contribution in [0.25, 0.3) is 0 Å². The third-order valence-corrected chi connectivity index (χ3v) is 4.72. The maximum atomic E-state index is 15.3. The lowest BCUT2D eigenvalue weighted by Gasteiger charge is -2.38. The number of hydrogen-bond donors (Lipinski definition) is 1. The number of morpholine rings is 1. The van der Waals surface area contributed by atoms with E-state index in [1.807, 2.05) is 18.7 Å². The fraction of sp³-hybridized carbons (Fsp3) is 0.421. The van der Waals surface area contributed by atoms with E-state index in [-0.39, 0.29) is 34.6 Å². The molecule has 2 aromatic rings. The van der Waals surface area contributed by atoms with Crippen LogP contribution in [0.1, 0.15) is 47.1 Å². The second-order valence-corrected chi connectivity index (χ2v) is 6.91. The van der Waals surface area contributed by atoms with Crippen LogP contribution >= 0.6 is 0 Å². The minimum absolute atomic E-state index is 0.0901. The van der Waals surface area contributed by atoms with Crippen LogP contribution in [0.2, 0.25) is 0 Å². The zero-order valence-corrected chi connectivity index (χ0v) is 15.8. The van der Waals surface area contributed by atoms with Gasteiger partial charge in [0.05, 0.1) is 35.3 Å². The summed E-state index contributed by atoms with van der Waals surface area (Å²) in [5.74, 6) is -1.89. The van der Waals surface area contributed by atoms with Crippen molar-refractivity contribution in [2.45, 2.75) is 39.0 Å². The highest BCUT2D eigenvalue weighted by Crippen LogP contribution is 2.36. The topological polar surface area (TPSA) is 105 Å². The van der Waals surface area contributed by atoms with Crippen molar-refractivity contribution in [3.63, 3.8) is 0 Å². The maximum absolute atomic E-state index is 15.3. The quantitative estimate of drug-likeness (QED) is 0.785. The minimum Gasteiger partial charge on any atom is -0.478 e. The Morgan fingerprint density at radius 3 is 2.57 bits per heavy atom. The van der Waals surface area contributed by atoms with Crippen molar-refractivity contribution < 1.29 is 19.0 Å². The molecule has 1 aliphatic rings. The van der Waals surface area contributed by atoms with Crippen molar-refractivity contribution in [1.29, 1.82) is 0 Å². The van der Waals surface area contributed by atoms with E-state index in [9.17, 15) is 14.8 Å². The predicted molar refractivity (Wildman–Crippen MR) is 100.0 cm³/mol. The van der Waals surface area contributed by atoms with Crippen LogP contribution in [-0.4, -0.2) is 46.3 Å². The van der Waals surface area contributed by atoms with Gasteiger partial charge in [-0.3, -0.25) is 9.97 Å². The monoisotopic (exact) mass is 388 g/mol. The number of benzene rings is 1. The highest BCUT2D eigenvalue weighted by Gasteiger charge is 2.31. The summed E-state index contributed by atoms with van der Waals surface area (Å²) in [6, 6.07) is -0.118. The third-order valence-electron chi connectivity index (χ3n) is 4.72. The van der Waals surface area contributed by atoms with E-state index in [2.05, 4.69) is 15.1 Å². The number of hydrogen-bond acceptors (Lipinski definition) is 7. The van der Waals surface area contributed by atoms with E-state index in [1.165, 1.54) is 31.6 Å². The van der Waals surface area contributed by atoms with Crippen molar-refractivity contribution in [3.8, 4) is 0 Å². The second kappa shape index (κ2) is 7.97. The number of aromatic nitrogens is 2. The normalized spacial score (nSPS) is 20.6. The van der Waals surface area contributed by atoms with Gasteiger partial charge in [0.1, 0.15) is 5.82 Å². The van der Waals surface area contributed by atoms with Gasteiger partial charge in [-0.25, -0.2) is 9.18 Å². The maximum Gasteiger partial charge on any atom is 0.337 e. The van der Waals surface area contributed by atoms with Gasteiger partial charge < -0.3 is 14.7 Å². The Hall–Kier alpha value is -2.94. The molecule has 1 aromatic carbocycles. The van der Waals surface area contributed by atoms with Gasteiger partial charge in [-0.2, -0.15) is 0 Å². The number of rotatable bonds is 5. The molecule has 3 rings (SSSR count). The van der Waals surface area contributed by atoms with Gasteiger partial charge in [0.2, 0.25) is 0 Å². The summed E-state index contributed by atoms with van der Waals surface area (Å²) < 4.78 is 21.0. The molecule has 1 saturated heterocycles. The van der Waals surface area contributed by atoms with Crippen LogP contribution in [0.3, 0.4) is 0 Å². The van der Waals surface area contributed by atoms with E-state index < -0.39 is 17.8 Å². The zero-order valence-electron chi connectivity index (χ0n) is 15.8. The Morgan fingerprint density at radius 2 is 2.04 bits per heavy atom. The van der Waals surface area contributed by atoms with Crippen molar-refractivity contribution in [2.75, 3.05) is 18.0 Å². The standard InChI is InChI=1S/C19H21FN4O4/c1-10-8-24(9-11(2)28-10)18-12(3)16(20)13(6-14(18)19(25)26)17(23-27)15-7-21-4-5-22-15/h4-7,10-11,17H,8-9H2,1-3H3,(H,25,26). The van der Waals surface area contributed by atoms with Crippen LogP contribution < -0.4 is 4.90 Å². The molecule has 0 spiro atoms.